The molecule has 9 heteroatoms. The van der Waals surface area contributed by atoms with Gasteiger partial charge in [0.1, 0.15) is 0 Å². The molecule has 2 aromatic rings. The maximum absolute atomic E-state index is 13.0. The van der Waals surface area contributed by atoms with Crippen LogP contribution < -0.4 is 5.32 Å². The number of esters is 1. The monoisotopic (exact) mass is 476 g/mol. The molecule has 7 nitrogen and oxygen atoms in total. The van der Waals surface area contributed by atoms with Gasteiger partial charge in [0.15, 0.2) is 0 Å². The average Bonchev–Trinajstić information content (AvgIpc) is 3.62. The lowest BCUT2D eigenvalue weighted by atomic mass is 10.1. The van der Waals surface area contributed by atoms with E-state index in [1.165, 1.54) is 22.5 Å². The number of amides is 1. The molecule has 0 bridgehead atoms. The van der Waals surface area contributed by atoms with Gasteiger partial charge in [0.2, 0.25) is 16.1 Å². The maximum Gasteiger partial charge on any atom is 0.340 e. The second-order valence-corrected chi connectivity index (χ2v) is 10.4. The Morgan fingerprint density at radius 1 is 1.03 bits per heavy atom. The standard InChI is InChI=1S/C23H25ClN2O5S/c24-20-12-11-18(32(29,30)26-13-5-2-6-14-26)15-19(20)23(28)31-21(16-7-3-1-4-8-16)22(27)25-17-9-10-17/h1,3-4,7-8,11-12,15,17,21H,2,5-6,9-10,13-14H2,(H,25,27)/t21-/m1/s1. The van der Waals surface area contributed by atoms with Crippen LogP contribution in [0.5, 0.6) is 0 Å². The summed E-state index contributed by atoms with van der Waals surface area (Å²) in [4.78, 5) is 25.8. The van der Waals surface area contributed by atoms with Gasteiger partial charge in [-0.15, -0.1) is 0 Å². The molecule has 170 valence electrons. The molecule has 2 fully saturated rings. The van der Waals surface area contributed by atoms with Gasteiger partial charge in [0.05, 0.1) is 15.5 Å². The van der Waals surface area contributed by atoms with Gasteiger partial charge in [-0.3, -0.25) is 4.79 Å². The third kappa shape index (κ3) is 5.14. The number of piperidine rings is 1. The minimum Gasteiger partial charge on any atom is -0.444 e. The summed E-state index contributed by atoms with van der Waals surface area (Å²) < 4.78 is 33.0. The Morgan fingerprint density at radius 3 is 2.38 bits per heavy atom. The lowest BCUT2D eigenvalue weighted by Gasteiger charge is -2.26. The molecular formula is C23H25ClN2O5S. The molecule has 1 amide bonds. The second kappa shape index (κ2) is 9.60. The molecule has 32 heavy (non-hydrogen) atoms. The number of carbonyl (C=O) groups is 2. The largest absolute Gasteiger partial charge is 0.444 e. The van der Waals surface area contributed by atoms with E-state index >= 15 is 0 Å². The number of carbonyl (C=O) groups excluding carboxylic acids is 2. The van der Waals surface area contributed by atoms with Crippen molar-refractivity contribution in [1.82, 2.24) is 9.62 Å². The van der Waals surface area contributed by atoms with E-state index in [0.29, 0.717) is 18.7 Å². The number of benzene rings is 2. The van der Waals surface area contributed by atoms with Gasteiger partial charge in [-0.25, -0.2) is 13.2 Å². The predicted octanol–water partition coefficient (Wildman–Crippen LogP) is 3.69. The fourth-order valence-corrected chi connectivity index (χ4v) is 5.39. The van der Waals surface area contributed by atoms with Gasteiger partial charge in [-0.2, -0.15) is 4.31 Å². The Hall–Kier alpha value is -2.42. The van der Waals surface area contributed by atoms with Gasteiger partial charge < -0.3 is 10.1 Å². The van der Waals surface area contributed by atoms with Crippen LogP contribution in [-0.4, -0.2) is 43.7 Å². The van der Waals surface area contributed by atoms with Crippen LogP contribution in [0.25, 0.3) is 0 Å². The molecule has 1 atom stereocenters. The number of rotatable bonds is 7. The highest BCUT2D eigenvalue weighted by Crippen LogP contribution is 2.28. The molecule has 1 saturated carbocycles. The number of ether oxygens (including phenoxy) is 1. The first kappa shape index (κ1) is 22.8. The van der Waals surface area contributed by atoms with Gasteiger partial charge in [0, 0.05) is 24.7 Å². The predicted molar refractivity (Wildman–Crippen MR) is 120 cm³/mol. The van der Waals surface area contributed by atoms with Crippen molar-refractivity contribution in [3.8, 4) is 0 Å². The van der Waals surface area contributed by atoms with Crippen molar-refractivity contribution in [2.24, 2.45) is 0 Å². The minimum absolute atomic E-state index is 0.0190. The normalized spacial score (nSPS) is 18.0. The fraction of sp³-hybridized carbons (Fsp3) is 0.391. The first-order chi connectivity index (χ1) is 15.4. The first-order valence-electron chi connectivity index (χ1n) is 10.7. The van der Waals surface area contributed by atoms with Crippen LogP contribution in [0.3, 0.4) is 0 Å². The van der Waals surface area contributed by atoms with Crippen LogP contribution in [-0.2, 0) is 19.6 Å². The summed E-state index contributed by atoms with van der Waals surface area (Å²) in [5.41, 5.74) is 0.428. The molecule has 0 radical (unpaired) electrons. The first-order valence-corrected chi connectivity index (χ1v) is 12.5. The molecule has 1 aliphatic carbocycles. The minimum atomic E-state index is -3.75. The van der Waals surface area contributed by atoms with Gasteiger partial charge in [0.25, 0.3) is 5.91 Å². The average molecular weight is 477 g/mol. The highest BCUT2D eigenvalue weighted by molar-refractivity contribution is 7.89. The number of hydrogen-bond donors (Lipinski definition) is 1. The lowest BCUT2D eigenvalue weighted by Crippen LogP contribution is -2.35. The van der Waals surface area contributed by atoms with E-state index in [1.54, 1.807) is 30.3 Å². The summed E-state index contributed by atoms with van der Waals surface area (Å²) in [5, 5.41) is 2.91. The van der Waals surface area contributed by atoms with E-state index in [4.69, 9.17) is 16.3 Å². The van der Waals surface area contributed by atoms with E-state index in [1.807, 2.05) is 0 Å². The van der Waals surface area contributed by atoms with E-state index < -0.39 is 28.0 Å². The summed E-state index contributed by atoms with van der Waals surface area (Å²) in [5.74, 6) is -1.27. The molecule has 0 aromatic heterocycles. The molecule has 2 aliphatic rings. The molecule has 1 saturated heterocycles. The van der Waals surface area contributed by atoms with E-state index in [9.17, 15) is 18.0 Å². The van der Waals surface area contributed by atoms with Crippen molar-refractivity contribution in [3.05, 3.63) is 64.7 Å². The maximum atomic E-state index is 13.0. The molecule has 0 unspecified atom stereocenters. The van der Waals surface area contributed by atoms with Crippen LogP contribution >= 0.6 is 11.6 Å². The summed E-state index contributed by atoms with van der Waals surface area (Å²) in [6, 6.07) is 12.8. The Labute approximate surface area is 192 Å². The second-order valence-electron chi connectivity index (χ2n) is 8.09. The van der Waals surface area contributed by atoms with Crippen LogP contribution in [0.4, 0.5) is 0 Å². The number of nitrogens with one attached hydrogen (secondary N) is 1. The number of hydrogen-bond acceptors (Lipinski definition) is 5. The van der Waals surface area contributed by atoms with Crippen LogP contribution in [0.15, 0.2) is 53.4 Å². The molecule has 4 rings (SSSR count). The Morgan fingerprint density at radius 2 is 1.72 bits per heavy atom. The van der Waals surface area contributed by atoms with Crippen molar-refractivity contribution in [3.63, 3.8) is 0 Å². The molecule has 2 aromatic carbocycles. The summed E-state index contributed by atoms with van der Waals surface area (Å²) in [7, 11) is -3.75. The van der Waals surface area contributed by atoms with Crippen molar-refractivity contribution >= 4 is 33.5 Å². The highest BCUT2D eigenvalue weighted by Gasteiger charge is 2.32. The third-order valence-electron chi connectivity index (χ3n) is 5.60. The Balaban J connectivity index is 1.59. The number of halogens is 1. The van der Waals surface area contributed by atoms with Crippen molar-refractivity contribution in [2.45, 2.75) is 49.1 Å². The fourth-order valence-electron chi connectivity index (χ4n) is 3.65. The Kier molecular flexibility index (Phi) is 6.83. The van der Waals surface area contributed by atoms with Crippen molar-refractivity contribution in [2.75, 3.05) is 13.1 Å². The summed E-state index contributed by atoms with van der Waals surface area (Å²) >= 11 is 6.22. The lowest BCUT2D eigenvalue weighted by molar-refractivity contribution is -0.130. The third-order valence-corrected chi connectivity index (χ3v) is 7.82. The van der Waals surface area contributed by atoms with Crippen LogP contribution in [0.2, 0.25) is 5.02 Å². The van der Waals surface area contributed by atoms with Gasteiger partial charge in [-0.05, 0) is 43.9 Å². The van der Waals surface area contributed by atoms with Crippen LogP contribution in [0, 0.1) is 0 Å². The van der Waals surface area contributed by atoms with E-state index in [2.05, 4.69) is 5.32 Å². The zero-order valence-electron chi connectivity index (χ0n) is 17.5. The highest BCUT2D eigenvalue weighted by atomic mass is 35.5. The molecule has 1 N–H and O–H groups in total. The number of nitrogens with zero attached hydrogens (tertiary/aromatic N) is 1. The van der Waals surface area contributed by atoms with Gasteiger partial charge >= 0.3 is 5.97 Å². The zero-order chi connectivity index (χ0) is 22.7. The number of sulfonamides is 1. The van der Waals surface area contributed by atoms with E-state index in [0.717, 1.165) is 32.1 Å². The molecule has 0 spiro atoms. The quantitative estimate of drug-likeness (QED) is 0.615. The zero-order valence-corrected chi connectivity index (χ0v) is 19.1. The Bertz CT molecular complexity index is 1100. The van der Waals surface area contributed by atoms with Crippen molar-refractivity contribution in [1.29, 1.82) is 0 Å². The molecule has 1 heterocycles. The van der Waals surface area contributed by atoms with Crippen LogP contribution in [0.1, 0.15) is 54.1 Å². The topological polar surface area (TPSA) is 92.8 Å². The molecular weight excluding hydrogens is 452 g/mol. The van der Waals surface area contributed by atoms with Crippen molar-refractivity contribution < 1.29 is 22.7 Å². The summed E-state index contributed by atoms with van der Waals surface area (Å²) in [6.45, 7) is 0.893. The summed E-state index contributed by atoms with van der Waals surface area (Å²) in [6.07, 6.45) is 3.22. The van der Waals surface area contributed by atoms with E-state index in [-0.39, 0.29) is 21.5 Å². The molecule has 1 aliphatic heterocycles. The smallest absolute Gasteiger partial charge is 0.340 e. The van der Waals surface area contributed by atoms with Gasteiger partial charge in [-0.1, -0.05) is 48.4 Å². The SMILES string of the molecule is O=C(O[C@@H](C(=O)NC1CC1)c1ccccc1)c1cc(S(=O)(=O)N2CCCCC2)ccc1Cl.